The summed E-state index contributed by atoms with van der Waals surface area (Å²) in [6.07, 6.45) is 2.51. The Morgan fingerprint density at radius 1 is 1.35 bits per heavy atom. The van der Waals surface area contributed by atoms with Crippen LogP contribution in [0.25, 0.3) is 0 Å². The number of rotatable bonds is 5. The fraction of sp³-hybridized carbons (Fsp3) is 0.571. The van der Waals surface area contributed by atoms with Crippen LogP contribution in [0.15, 0.2) is 24.3 Å². The van der Waals surface area contributed by atoms with Gasteiger partial charge in [0.1, 0.15) is 6.10 Å². The molecule has 3 nitrogen and oxygen atoms in total. The zero-order chi connectivity index (χ0) is 12.1. The Morgan fingerprint density at radius 3 is 2.71 bits per heavy atom. The summed E-state index contributed by atoms with van der Waals surface area (Å²) in [5, 5.41) is 3.39. The second kappa shape index (κ2) is 5.92. The Hall–Kier alpha value is -1.22. The van der Waals surface area contributed by atoms with Crippen LogP contribution in [0.1, 0.15) is 19.8 Å². The lowest BCUT2D eigenvalue weighted by atomic mass is 9.99. The van der Waals surface area contributed by atoms with E-state index in [0.717, 1.165) is 31.0 Å². The lowest BCUT2D eigenvalue weighted by Crippen LogP contribution is -2.28. The van der Waals surface area contributed by atoms with Gasteiger partial charge in [-0.2, -0.15) is 0 Å². The van der Waals surface area contributed by atoms with Gasteiger partial charge in [0.15, 0.2) is 11.5 Å². The maximum atomic E-state index is 6.10. The minimum atomic E-state index is 0.279. The van der Waals surface area contributed by atoms with E-state index >= 15 is 0 Å². The molecule has 17 heavy (non-hydrogen) atoms. The van der Waals surface area contributed by atoms with Crippen molar-refractivity contribution in [2.75, 3.05) is 20.2 Å². The number of benzene rings is 1. The van der Waals surface area contributed by atoms with Crippen molar-refractivity contribution in [1.82, 2.24) is 5.32 Å². The van der Waals surface area contributed by atoms with Crippen molar-refractivity contribution >= 4 is 0 Å². The van der Waals surface area contributed by atoms with Crippen LogP contribution in [0.5, 0.6) is 11.5 Å². The summed E-state index contributed by atoms with van der Waals surface area (Å²) in [7, 11) is 1.68. The fourth-order valence-corrected chi connectivity index (χ4v) is 2.39. The van der Waals surface area contributed by atoms with E-state index in [1.165, 1.54) is 6.42 Å². The Bertz CT molecular complexity index is 348. The minimum Gasteiger partial charge on any atom is -0.493 e. The molecule has 0 bridgehead atoms. The molecule has 1 unspecified atom stereocenters. The Balaban J connectivity index is 2.06. The second-order valence-electron chi connectivity index (χ2n) is 4.47. The highest BCUT2D eigenvalue weighted by atomic mass is 16.5. The van der Waals surface area contributed by atoms with Gasteiger partial charge in [-0.1, -0.05) is 19.1 Å². The van der Waals surface area contributed by atoms with Gasteiger partial charge < -0.3 is 14.8 Å². The predicted molar refractivity (Wildman–Crippen MR) is 68.7 cm³/mol. The van der Waals surface area contributed by atoms with E-state index in [9.17, 15) is 0 Å². The van der Waals surface area contributed by atoms with E-state index < -0.39 is 0 Å². The summed E-state index contributed by atoms with van der Waals surface area (Å²) >= 11 is 0. The first kappa shape index (κ1) is 12.2. The summed E-state index contributed by atoms with van der Waals surface area (Å²) in [5.41, 5.74) is 0. The first-order valence-electron chi connectivity index (χ1n) is 6.35. The van der Waals surface area contributed by atoms with Gasteiger partial charge in [0, 0.05) is 12.5 Å². The van der Waals surface area contributed by atoms with E-state index in [1.54, 1.807) is 7.11 Å². The number of hydrogen-bond acceptors (Lipinski definition) is 3. The number of para-hydroxylation sites is 2. The van der Waals surface area contributed by atoms with E-state index in [0.29, 0.717) is 5.92 Å². The maximum absolute atomic E-state index is 6.10. The lowest BCUT2D eigenvalue weighted by molar-refractivity contribution is 0.133. The highest BCUT2D eigenvalue weighted by Crippen LogP contribution is 2.30. The van der Waals surface area contributed by atoms with E-state index in [1.807, 2.05) is 24.3 Å². The highest BCUT2D eigenvalue weighted by molar-refractivity contribution is 5.39. The molecule has 1 aromatic carbocycles. The van der Waals surface area contributed by atoms with Gasteiger partial charge >= 0.3 is 0 Å². The summed E-state index contributed by atoms with van der Waals surface area (Å²) in [6.45, 7) is 4.35. The van der Waals surface area contributed by atoms with Crippen molar-refractivity contribution in [3.05, 3.63) is 24.3 Å². The molecule has 0 saturated carbocycles. The van der Waals surface area contributed by atoms with Crippen LogP contribution in [0.3, 0.4) is 0 Å². The summed E-state index contributed by atoms with van der Waals surface area (Å²) in [4.78, 5) is 0. The normalized spacial score (nSPS) is 21.2. The number of hydrogen-bond donors (Lipinski definition) is 1. The molecule has 0 aliphatic carbocycles. The van der Waals surface area contributed by atoms with Gasteiger partial charge in [-0.3, -0.25) is 0 Å². The molecule has 0 aromatic heterocycles. The molecule has 1 N–H and O–H groups in total. The van der Waals surface area contributed by atoms with E-state index in [-0.39, 0.29) is 6.10 Å². The van der Waals surface area contributed by atoms with Crippen molar-refractivity contribution in [2.24, 2.45) is 5.92 Å². The lowest BCUT2D eigenvalue weighted by Gasteiger charge is -2.24. The molecular formula is C14H21NO2. The van der Waals surface area contributed by atoms with Gasteiger partial charge in [-0.05, 0) is 31.5 Å². The third-order valence-corrected chi connectivity index (χ3v) is 3.37. The van der Waals surface area contributed by atoms with Crippen LogP contribution >= 0.6 is 0 Å². The first-order valence-corrected chi connectivity index (χ1v) is 6.35. The molecule has 2 rings (SSSR count). The zero-order valence-electron chi connectivity index (χ0n) is 10.6. The fourth-order valence-electron chi connectivity index (χ4n) is 2.39. The molecule has 1 heterocycles. The molecule has 0 radical (unpaired) electrons. The second-order valence-corrected chi connectivity index (χ2v) is 4.47. The molecular weight excluding hydrogens is 214 g/mol. The monoisotopic (exact) mass is 235 g/mol. The maximum Gasteiger partial charge on any atom is 0.161 e. The van der Waals surface area contributed by atoms with Gasteiger partial charge in [-0.15, -0.1) is 0 Å². The van der Waals surface area contributed by atoms with Crippen molar-refractivity contribution in [1.29, 1.82) is 0 Å². The molecule has 1 aliphatic rings. The summed E-state index contributed by atoms with van der Waals surface area (Å²) in [5.74, 6) is 2.29. The standard InChI is InChI=1S/C14H21NO2/c1-3-12(11-8-9-15-10-11)17-14-7-5-4-6-13(14)16-2/h4-7,11-12,15H,3,8-10H2,1-2H3/t11?,12-/m0/s1. The third-order valence-electron chi connectivity index (χ3n) is 3.37. The average molecular weight is 235 g/mol. The molecule has 1 fully saturated rings. The van der Waals surface area contributed by atoms with Crippen LogP contribution in [-0.4, -0.2) is 26.3 Å². The van der Waals surface area contributed by atoms with Gasteiger partial charge in [0.2, 0.25) is 0 Å². The predicted octanol–water partition coefficient (Wildman–Crippen LogP) is 2.46. The highest BCUT2D eigenvalue weighted by Gasteiger charge is 2.25. The Labute approximate surface area is 103 Å². The van der Waals surface area contributed by atoms with Crippen molar-refractivity contribution < 1.29 is 9.47 Å². The van der Waals surface area contributed by atoms with Crippen molar-refractivity contribution in [3.63, 3.8) is 0 Å². The third kappa shape index (κ3) is 2.91. The molecule has 1 aromatic rings. The number of nitrogens with one attached hydrogen (secondary N) is 1. The molecule has 1 saturated heterocycles. The van der Waals surface area contributed by atoms with Crippen LogP contribution in [0.2, 0.25) is 0 Å². The van der Waals surface area contributed by atoms with E-state index in [4.69, 9.17) is 9.47 Å². The Morgan fingerprint density at radius 2 is 2.12 bits per heavy atom. The van der Waals surface area contributed by atoms with Crippen LogP contribution in [-0.2, 0) is 0 Å². The summed E-state index contributed by atoms with van der Waals surface area (Å²) < 4.78 is 11.4. The smallest absolute Gasteiger partial charge is 0.161 e. The molecule has 2 atom stereocenters. The van der Waals surface area contributed by atoms with Crippen LogP contribution < -0.4 is 14.8 Å². The molecule has 0 spiro atoms. The first-order chi connectivity index (χ1) is 8.35. The topological polar surface area (TPSA) is 30.5 Å². The zero-order valence-corrected chi connectivity index (χ0v) is 10.6. The minimum absolute atomic E-state index is 0.279. The van der Waals surface area contributed by atoms with Crippen molar-refractivity contribution in [3.8, 4) is 11.5 Å². The average Bonchev–Trinajstić information content (AvgIpc) is 2.90. The summed E-state index contributed by atoms with van der Waals surface area (Å²) in [6, 6.07) is 7.86. The van der Waals surface area contributed by atoms with Gasteiger partial charge in [0.05, 0.1) is 7.11 Å². The SMILES string of the molecule is CC[C@H](Oc1ccccc1OC)C1CCNC1. The van der Waals surface area contributed by atoms with Crippen LogP contribution in [0, 0.1) is 5.92 Å². The Kier molecular flexibility index (Phi) is 4.26. The van der Waals surface area contributed by atoms with E-state index in [2.05, 4.69) is 12.2 Å². The molecule has 3 heteroatoms. The van der Waals surface area contributed by atoms with Gasteiger partial charge in [-0.25, -0.2) is 0 Å². The quantitative estimate of drug-likeness (QED) is 0.850. The molecule has 1 aliphatic heterocycles. The number of ether oxygens (including phenoxy) is 2. The molecule has 0 amide bonds. The van der Waals surface area contributed by atoms with Crippen molar-refractivity contribution in [2.45, 2.75) is 25.9 Å². The number of methoxy groups -OCH3 is 1. The van der Waals surface area contributed by atoms with Crippen LogP contribution in [0.4, 0.5) is 0 Å². The largest absolute Gasteiger partial charge is 0.493 e. The van der Waals surface area contributed by atoms with Gasteiger partial charge in [0.25, 0.3) is 0 Å². The molecule has 94 valence electrons.